The Hall–Kier alpha value is -1.72. The van der Waals surface area contributed by atoms with Crippen molar-refractivity contribution in [1.29, 1.82) is 0 Å². The Kier molecular flexibility index (Phi) is 6.94. The lowest BCUT2D eigenvalue weighted by Crippen LogP contribution is -2.06. The van der Waals surface area contributed by atoms with Crippen LogP contribution in [-0.4, -0.2) is 16.1 Å². The third-order valence-electron chi connectivity index (χ3n) is 2.90. The van der Waals surface area contributed by atoms with Crippen molar-refractivity contribution in [2.24, 2.45) is 15.9 Å². The van der Waals surface area contributed by atoms with E-state index in [0.717, 1.165) is 11.3 Å². The van der Waals surface area contributed by atoms with Gasteiger partial charge in [-0.25, -0.2) is 0 Å². The van der Waals surface area contributed by atoms with Gasteiger partial charge in [0, 0.05) is 15.4 Å². The van der Waals surface area contributed by atoms with Crippen LogP contribution < -0.4 is 5.73 Å². The standard InChI is InChI=1S/C19H23N3S2/c1-19(2,3)24-17-11-9-15(10-12-17)13-21-22-18(20)23-14-16-7-5-4-6-8-16/h4-13H,14H2,1-3H3,(H2,20,22). The highest BCUT2D eigenvalue weighted by Gasteiger charge is 2.11. The third-order valence-corrected chi connectivity index (χ3v) is 4.87. The van der Waals surface area contributed by atoms with E-state index in [-0.39, 0.29) is 4.75 Å². The van der Waals surface area contributed by atoms with Crippen molar-refractivity contribution in [2.75, 3.05) is 0 Å². The summed E-state index contributed by atoms with van der Waals surface area (Å²) in [4.78, 5) is 1.25. The molecule has 0 heterocycles. The smallest absolute Gasteiger partial charge is 0.180 e. The molecule has 5 heteroatoms. The van der Waals surface area contributed by atoms with Crippen LogP contribution in [0.15, 0.2) is 69.7 Å². The van der Waals surface area contributed by atoms with Gasteiger partial charge in [0.1, 0.15) is 0 Å². The molecule has 0 fully saturated rings. The zero-order chi connectivity index (χ0) is 17.4. The van der Waals surface area contributed by atoms with Crippen LogP contribution in [0.3, 0.4) is 0 Å². The molecule has 0 unspecified atom stereocenters. The van der Waals surface area contributed by atoms with Gasteiger partial charge in [-0.1, -0.05) is 75.0 Å². The minimum Gasteiger partial charge on any atom is -0.377 e. The van der Waals surface area contributed by atoms with Gasteiger partial charge in [-0.15, -0.1) is 16.9 Å². The second-order valence-corrected chi connectivity index (χ2v) is 9.14. The molecule has 0 aromatic heterocycles. The van der Waals surface area contributed by atoms with Gasteiger partial charge in [-0.2, -0.15) is 5.10 Å². The molecule has 0 aliphatic heterocycles. The summed E-state index contributed by atoms with van der Waals surface area (Å²) in [6, 6.07) is 18.5. The first-order valence-electron chi connectivity index (χ1n) is 7.75. The highest BCUT2D eigenvalue weighted by molar-refractivity contribution is 8.13. The predicted molar refractivity (Wildman–Crippen MR) is 109 cm³/mol. The molecule has 0 spiro atoms. The maximum Gasteiger partial charge on any atom is 0.180 e. The predicted octanol–water partition coefficient (Wildman–Crippen LogP) is 5.16. The van der Waals surface area contributed by atoms with E-state index in [1.165, 1.54) is 22.2 Å². The number of amidine groups is 1. The summed E-state index contributed by atoms with van der Waals surface area (Å²) in [5.41, 5.74) is 8.11. The molecule has 0 amide bonds. The molecular weight excluding hydrogens is 334 g/mol. The van der Waals surface area contributed by atoms with Crippen LogP contribution in [-0.2, 0) is 5.75 Å². The lowest BCUT2D eigenvalue weighted by Gasteiger charge is -2.17. The second kappa shape index (κ2) is 8.94. The van der Waals surface area contributed by atoms with Gasteiger partial charge in [-0.3, -0.25) is 0 Å². The number of nitrogens with two attached hydrogens (primary N) is 1. The Morgan fingerprint density at radius 2 is 1.71 bits per heavy atom. The van der Waals surface area contributed by atoms with Gasteiger partial charge >= 0.3 is 0 Å². The van der Waals surface area contributed by atoms with Gasteiger partial charge in [0.15, 0.2) is 5.17 Å². The van der Waals surface area contributed by atoms with Crippen LogP contribution >= 0.6 is 23.5 Å². The number of thioether (sulfide) groups is 2. The number of rotatable bonds is 5. The molecule has 126 valence electrons. The van der Waals surface area contributed by atoms with Gasteiger partial charge in [0.05, 0.1) is 6.21 Å². The average Bonchev–Trinajstić information content (AvgIpc) is 2.54. The normalized spacial score (nSPS) is 12.7. The van der Waals surface area contributed by atoms with Crippen molar-refractivity contribution in [3.63, 3.8) is 0 Å². The van der Waals surface area contributed by atoms with Crippen LogP contribution in [0.5, 0.6) is 0 Å². The Bertz CT molecular complexity index is 687. The molecule has 0 saturated heterocycles. The second-order valence-electron chi connectivity index (χ2n) is 6.24. The minimum absolute atomic E-state index is 0.213. The topological polar surface area (TPSA) is 50.7 Å². The van der Waals surface area contributed by atoms with Crippen LogP contribution in [0.1, 0.15) is 31.9 Å². The summed E-state index contributed by atoms with van der Waals surface area (Å²) in [6.45, 7) is 6.62. The van der Waals surface area contributed by atoms with Crippen molar-refractivity contribution in [3.8, 4) is 0 Å². The van der Waals surface area contributed by atoms with E-state index in [4.69, 9.17) is 5.73 Å². The summed E-state index contributed by atoms with van der Waals surface area (Å²) in [5.74, 6) is 0.796. The van der Waals surface area contributed by atoms with E-state index in [9.17, 15) is 0 Å². The summed E-state index contributed by atoms with van der Waals surface area (Å²) in [7, 11) is 0. The van der Waals surface area contributed by atoms with E-state index in [2.05, 4.69) is 55.2 Å². The largest absolute Gasteiger partial charge is 0.377 e. The Balaban J connectivity index is 1.86. The minimum atomic E-state index is 0.213. The lowest BCUT2D eigenvalue weighted by molar-refractivity contribution is 0.803. The number of hydrogen-bond acceptors (Lipinski definition) is 4. The van der Waals surface area contributed by atoms with Crippen molar-refractivity contribution in [3.05, 3.63) is 65.7 Å². The van der Waals surface area contributed by atoms with Gasteiger partial charge < -0.3 is 5.73 Å². The van der Waals surface area contributed by atoms with Crippen LogP contribution in [0.2, 0.25) is 0 Å². The monoisotopic (exact) mass is 357 g/mol. The molecule has 0 radical (unpaired) electrons. The molecular formula is C19H23N3S2. The molecule has 2 N–H and O–H groups in total. The summed E-state index contributed by atoms with van der Waals surface area (Å²) in [6.07, 6.45) is 1.72. The molecule has 0 atom stereocenters. The summed E-state index contributed by atoms with van der Waals surface area (Å²) in [5, 5.41) is 8.57. The van der Waals surface area contributed by atoms with Crippen LogP contribution in [0, 0.1) is 0 Å². The lowest BCUT2D eigenvalue weighted by atomic mass is 10.2. The zero-order valence-electron chi connectivity index (χ0n) is 14.3. The van der Waals surface area contributed by atoms with E-state index in [1.807, 2.05) is 42.1 Å². The highest BCUT2D eigenvalue weighted by atomic mass is 32.2. The Morgan fingerprint density at radius 1 is 1.04 bits per heavy atom. The molecule has 0 saturated carbocycles. The van der Waals surface area contributed by atoms with E-state index in [0.29, 0.717) is 5.17 Å². The number of hydrogen-bond donors (Lipinski definition) is 1. The Morgan fingerprint density at radius 3 is 2.33 bits per heavy atom. The van der Waals surface area contributed by atoms with E-state index >= 15 is 0 Å². The Labute approximate surface area is 152 Å². The molecule has 2 rings (SSSR count). The maximum absolute atomic E-state index is 5.88. The van der Waals surface area contributed by atoms with Gasteiger partial charge in [0.2, 0.25) is 0 Å². The van der Waals surface area contributed by atoms with Crippen molar-refractivity contribution < 1.29 is 0 Å². The van der Waals surface area contributed by atoms with Crippen molar-refractivity contribution >= 4 is 34.9 Å². The molecule has 0 bridgehead atoms. The zero-order valence-corrected chi connectivity index (χ0v) is 15.9. The summed E-state index contributed by atoms with van der Waals surface area (Å²) < 4.78 is 0.213. The quantitative estimate of drug-likeness (QED) is 0.348. The first-order valence-corrected chi connectivity index (χ1v) is 9.55. The van der Waals surface area contributed by atoms with E-state index < -0.39 is 0 Å². The van der Waals surface area contributed by atoms with Gasteiger partial charge in [0.25, 0.3) is 0 Å². The highest BCUT2D eigenvalue weighted by Crippen LogP contribution is 2.31. The van der Waals surface area contributed by atoms with E-state index in [1.54, 1.807) is 6.21 Å². The van der Waals surface area contributed by atoms with Crippen LogP contribution in [0.25, 0.3) is 0 Å². The molecule has 2 aromatic rings. The SMILES string of the molecule is CC(C)(C)Sc1ccc(C=NN=C(N)SCc2ccccc2)cc1. The molecule has 0 aliphatic carbocycles. The fraction of sp³-hybridized carbons (Fsp3) is 0.263. The summed E-state index contributed by atoms with van der Waals surface area (Å²) >= 11 is 3.33. The van der Waals surface area contributed by atoms with Crippen molar-refractivity contribution in [1.82, 2.24) is 0 Å². The first kappa shape index (κ1) is 18.6. The fourth-order valence-electron chi connectivity index (χ4n) is 1.89. The fourth-order valence-corrected chi connectivity index (χ4v) is 3.48. The van der Waals surface area contributed by atoms with Crippen molar-refractivity contribution in [2.45, 2.75) is 36.2 Å². The molecule has 0 aliphatic rings. The van der Waals surface area contributed by atoms with Gasteiger partial charge in [-0.05, 0) is 23.3 Å². The number of benzene rings is 2. The molecule has 3 nitrogen and oxygen atoms in total. The van der Waals surface area contributed by atoms with Crippen LogP contribution in [0.4, 0.5) is 0 Å². The molecule has 24 heavy (non-hydrogen) atoms. The third kappa shape index (κ3) is 7.23. The molecule has 2 aromatic carbocycles. The first-order chi connectivity index (χ1) is 11.4. The number of nitrogens with zero attached hydrogens (tertiary/aromatic N) is 2. The maximum atomic E-state index is 5.88. The average molecular weight is 358 g/mol.